The fourth-order valence-electron chi connectivity index (χ4n) is 2.08. The minimum atomic E-state index is -0.869. The number of hydrogen-bond donors (Lipinski definition) is 1. The summed E-state index contributed by atoms with van der Waals surface area (Å²) in [6, 6.07) is -0.235. The zero-order valence-corrected chi connectivity index (χ0v) is 13.2. The third kappa shape index (κ3) is 6.12. The van der Waals surface area contributed by atoms with E-state index < -0.39 is 12.0 Å². The average Bonchev–Trinajstić information content (AvgIpc) is 3.26. The summed E-state index contributed by atoms with van der Waals surface area (Å²) in [4.78, 5) is 38.6. The molecule has 0 unspecified atom stereocenters. The molecule has 1 atom stereocenters. The van der Waals surface area contributed by atoms with Crippen molar-refractivity contribution in [1.82, 2.24) is 15.1 Å². The van der Waals surface area contributed by atoms with E-state index in [0.29, 0.717) is 12.6 Å². The molecule has 0 aromatic carbocycles. The molecule has 120 valence electrons. The Hall–Kier alpha value is -1.63. The van der Waals surface area contributed by atoms with E-state index in [2.05, 4.69) is 15.0 Å². The number of ether oxygens (including phenoxy) is 1. The molecule has 0 aliphatic heterocycles. The number of esters is 1. The van der Waals surface area contributed by atoms with Crippen LogP contribution in [0.2, 0.25) is 0 Å². The Balaban J connectivity index is 2.51. The third-order valence-electron chi connectivity index (χ3n) is 3.61. The first-order valence-electron chi connectivity index (χ1n) is 7.14. The highest BCUT2D eigenvalue weighted by atomic mass is 16.5. The summed E-state index contributed by atoms with van der Waals surface area (Å²) in [5.74, 6) is -1.15. The number of hydrogen-bond acceptors (Lipinski definition) is 5. The molecule has 0 spiro atoms. The SMILES string of the molecule is COC(=O)C[C@@H](NC(C)=O)C(=O)N(C)CCN(C)C1CC1. The second kappa shape index (κ2) is 7.97. The summed E-state index contributed by atoms with van der Waals surface area (Å²) < 4.78 is 4.56. The Bertz CT molecular complexity index is 396. The van der Waals surface area contributed by atoms with Gasteiger partial charge in [-0.05, 0) is 19.9 Å². The van der Waals surface area contributed by atoms with Crippen molar-refractivity contribution in [2.75, 3.05) is 34.3 Å². The Morgan fingerprint density at radius 1 is 1.24 bits per heavy atom. The van der Waals surface area contributed by atoms with Crippen molar-refractivity contribution in [3.8, 4) is 0 Å². The molecule has 0 aromatic heterocycles. The van der Waals surface area contributed by atoms with E-state index in [9.17, 15) is 14.4 Å². The molecule has 0 heterocycles. The highest BCUT2D eigenvalue weighted by Gasteiger charge is 2.28. The molecule has 1 rings (SSSR count). The summed E-state index contributed by atoms with van der Waals surface area (Å²) in [5.41, 5.74) is 0. The Kier molecular flexibility index (Phi) is 6.61. The van der Waals surface area contributed by atoms with Crippen molar-refractivity contribution in [1.29, 1.82) is 0 Å². The third-order valence-corrected chi connectivity index (χ3v) is 3.61. The predicted molar refractivity (Wildman–Crippen MR) is 77.5 cm³/mol. The molecule has 7 heteroatoms. The van der Waals surface area contributed by atoms with E-state index in [1.807, 2.05) is 7.05 Å². The predicted octanol–water partition coefficient (Wildman–Crippen LogP) is -0.393. The van der Waals surface area contributed by atoms with Gasteiger partial charge in [0.25, 0.3) is 0 Å². The summed E-state index contributed by atoms with van der Waals surface area (Å²) in [6.45, 7) is 2.65. The van der Waals surface area contributed by atoms with Crippen LogP contribution in [0.5, 0.6) is 0 Å². The first kappa shape index (κ1) is 17.4. The first-order chi connectivity index (χ1) is 9.85. The summed E-state index contributed by atoms with van der Waals surface area (Å²) in [6.07, 6.45) is 2.27. The molecule has 0 aromatic rings. The van der Waals surface area contributed by atoms with Gasteiger partial charge in [-0.25, -0.2) is 0 Å². The van der Waals surface area contributed by atoms with Crippen LogP contribution in [0.1, 0.15) is 26.2 Å². The van der Waals surface area contributed by atoms with Crippen LogP contribution in [0, 0.1) is 0 Å². The van der Waals surface area contributed by atoms with Gasteiger partial charge in [-0.3, -0.25) is 14.4 Å². The highest BCUT2D eigenvalue weighted by molar-refractivity contribution is 5.90. The van der Waals surface area contributed by atoms with Gasteiger partial charge in [-0.15, -0.1) is 0 Å². The van der Waals surface area contributed by atoms with Gasteiger partial charge in [0, 0.05) is 33.1 Å². The van der Waals surface area contributed by atoms with Gasteiger partial charge >= 0.3 is 5.97 Å². The Morgan fingerprint density at radius 3 is 2.33 bits per heavy atom. The fraction of sp³-hybridized carbons (Fsp3) is 0.786. The van der Waals surface area contributed by atoms with Crippen molar-refractivity contribution in [3.05, 3.63) is 0 Å². The van der Waals surface area contributed by atoms with Gasteiger partial charge in [0.15, 0.2) is 0 Å². The summed E-state index contributed by atoms with van der Waals surface area (Å²) >= 11 is 0. The van der Waals surface area contributed by atoms with Crippen LogP contribution in [-0.2, 0) is 19.1 Å². The van der Waals surface area contributed by atoms with Crippen molar-refractivity contribution in [3.63, 3.8) is 0 Å². The molecule has 1 aliphatic rings. The lowest BCUT2D eigenvalue weighted by Crippen LogP contribution is -2.49. The molecule has 0 saturated heterocycles. The molecule has 1 saturated carbocycles. The lowest BCUT2D eigenvalue weighted by Gasteiger charge is -2.26. The largest absolute Gasteiger partial charge is 0.469 e. The molecule has 1 aliphatic carbocycles. The number of methoxy groups -OCH3 is 1. The number of nitrogens with zero attached hydrogens (tertiary/aromatic N) is 2. The molecule has 0 bridgehead atoms. The smallest absolute Gasteiger partial charge is 0.308 e. The number of nitrogens with one attached hydrogen (secondary N) is 1. The number of carbonyl (C=O) groups excluding carboxylic acids is 3. The van der Waals surface area contributed by atoms with Crippen LogP contribution in [0.15, 0.2) is 0 Å². The number of amides is 2. The minimum Gasteiger partial charge on any atom is -0.469 e. The van der Waals surface area contributed by atoms with Crippen LogP contribution >= 0.6 is 0 Å². The standard InChI is InChI=1S/C14H25N3O4/c1-10(18)15-12(9-13(19)21-4)14(20)17(3)8-7-16(2)11-5-6-11/h11-12H,5-9H2,1-4H3,(H,15,18)/t12-/m1/s1. The van der Waals surface area contributed by atoms with Crippen LogP contribution in [0.3, 0.4) is 0 Å². The second-order valence-corrected chi connectivity index (χ2v) is 5.50. The van der Waals surface area contributed by atoms with Crippen LogP contribution in [-0.4, -0.2) is 74.0 Å². The van der Waals surface area contributed by atoms with Crippen molar-refractivity contribution in [2.24, 2.45) is 0 Å². The fourth-order valence-corrected chi connectivity index (χ4v) is 2.08. The van der Waals surface area contributed by atoms with Gasteiger partial charge in [-0.2, -0.15) is 0 Å². The lowest BCUT2D eigenvalue weighted by atomic mass is 10.1. The summed E-state index contributed by atoms with van der Waals surface area (Å²) in [7, 11) is 4.97. The van der Waals surface area contributed by atoms with Gasteiger partial charge < -0.3 is 19.9 Å². The average molecular weight is 299 g/mol. The molecule has 1 fully saturated rings. The van der Waals surface area contributed by atoms with E-state index >= 15 is 0 Å². The van der Waals surface area contributed by atoms with Gasteiger partial charge in [0.2, 0.25) is 11.8 Å². The molecule has 2 amide bonds. The van der Waals surface area contributed by atoms with Crippen molar-refractivity contribution < 1.29 is 19.1 Å². The van der Waals surface area contributed by atoms with Crippen molar-refractivity contribution in [2.45, 2.75) is 38.3 Å². The van der Waals surface area contributed by atoms with E-state index in [0.717, 1.165) is 6.54 Å². The number of rotatable bonds is 8. The molecule has 7 nitrogen and oxygen atoms in total. The second-order valence-electron chi connectivity index (χ2n) is 5.50. The van der Waals surface area contributed by atoms with E-state index in [1.54, 1.807) is 11.9 Å². The molecule has 1 N–H and O–H groups in total. The maximum atomic E-state index is 12.3. The summed E-state index contributed by atoms with van der Waals surface area (Å²) in [5, 5.41) is 2.50. The molecular weight excluding hydrogens is 274 g/mol. The minimum absolute atomic E-state index is 0.155. The van der Waals surface area contributed by atoms with Crippen molar-refractivity contribution >= 4 is 17.8 Å². The van der Waals surface area contributed by atoms with E-state index in [1.165, 1.54) is 26.9 Å². The van der Waals surface area contributed by atoms with E-state index in [4.69, 9.17) is 0 Å². The lowest BCUT2D eigenvalue weighted by molar-refractivity contribution is -0.145. The van der Waals surface area contributed by atoms with Crippen LogP contribution < -0.4 is 5.32 Å². The topological polar surface area (TPSA) is 78.9 Å². The zero-order chi connectivity index (χ0) is 16.0. The van der Waals surface area contributed by atoms with Crippen LogP contribution in [0.4, 0.5) is 0 Å². The monoisotopic (exact) mass is 299 g/mol. The molecule has 21 heavy (non-hydrogen) atoms. The van der Waals surface area contributed by atoms with Gasteiger partial charge in [0.1, 0.15) is 6.04 Å². The Morgan fingerprint density at radius 2 is 1.86 bits per heavy atom. The van der Waals surface area contributed by atoms with Gasteiger partial charge in [0.05, 0.1) is 13.5 Å². The highest BCUT2D eigenvalue weighted by Crippen LogP contribution is 2.24. The Labute approximate surface area is 125 Å². The van der Waals surface area contributed by atoms with E-state index in [-0.39, 0.29) is 18.2 Å². The first-order valence-corrected chi connectivity index (χ1v) is 7.14. The quantitative estimate of drug-likeness (QED) is 0.617. The normalized spacial score (nSPS) is 15.5. The number of carbonyl (C=O) groups is 3. The van der Waals surface area contributed by atoms with Gasteiger partial charge in [-0.1, -0.05) is 0 Å². The molecule has 0 radical (unpaired) electrons. The maximum absolute atomic E-state index is 12.3. The van der Waals surface area contributed by atoms with Crippen LogP contribution in [0.25, 0.3) is 0 Å². The number of likely N-dealkylation sites (N-methyl/N-ethyl adjacent to an activating group) is 2. The molecular formula is C14H25N3O4. The zero-order valence-electron chi connectivity index (χ0n) is 13.2. The maximum Gasteiger partial charge on any atom is 0.308 e.